The quantitative estimate of drug-likeness (QED) is 0.597. The zero-order valence-corrected chi connectivity index (χ0v) is 12.1. The summed E-state index contributed by atoms with van der Waals surface area (Å²) in [5.41, 5.74) is 1.25. The van der Waals surface area contributed by atoms with Gasteiger partial charge in [0.2, 0.25) is 0 Å². The van der Waals surface area contributed by atoms with Gasteiger partial charge in [0.25, 0.3) is 0 Å². The average molecular weight is 299 g/mol. The van der Waals surface area contributed by atoms with Crippen LogP contribution in [0.3, 0.4) is 0 Å². The van der Waals surface area contributed by atoms with Crippen LogP contribution in [0.25, 0.3) is 6.08 Å². The van der Waals surface area contributed by atoms with E-state index in [0.717, 1.165) is 0 Å². The second kappa shape index (κ2) is 7.00. The maximum atomic E-state index is 2.22. The Kier molecular flexibility index (Phi) is 5.01. The van der Waals surface area contributed by atoms with E-state index in [4.69, 9.17) is 0 Å². The molecule has 0 nitrogen and oxygen atoms in total. The van der Waals surface area contributed by atoms with E-state index in [1.54, 1.807) is 0 Å². The first kappa shape index (κ1) is 12.9. The zero-order chi connectivity index (χ0) is 12.6. The van der Waals surface area contributed by atoms with E-state index < -0.39 is 0 Å². The van der Waals surface area contributed by atoms with Crippen LogP contribution in [0.1, 0.15) is 12.5 Å². The molecular formula is C17H16Se. The molecule has 2 rings (SSSR count). The zero-order valence-electron chi connectivity index (χ0n) is 10.4. The Morgan fingerprint density at radius 3 is 2.11 bits per heavy atom. The Bertz CT molecular complexity index is 524. The number of hydrogen-bond acceptors (Lipinski definition) is 0. The summed E-state index contributed by atoms with van der Waals surface area (Å²) < 4.78 is 2.81. The summed E-state index contributed by atoms with van der Waals surface area (Å²) >= 11 is 0.390. The van der Waals surface area contributed by atoms with E-state index in [1.807, 2.05) is 6.07 Å². The summed E-state index contributed by atoms with van der Waals surface area (Å²) in [7, 11) is 0. The first-order chi connectivity index (χ1) is 8.88. The third-order valence-electron chi connectivity index (χ3n) is 2.50. The van der Waals surface area contributed by atoms with Crippen molar-refractivity contribution in [2.75, 3.05) is 0 Å². The van der Waals surface area contributed by atoms with E-state index in [2.05, 4.69) is 79.7 Å². The Balaban J connectivity index is 2.05. The van der Waals surface area contributed by atoms with Crippen LogP contribution in [0.2, 0.25) is 0 Å². The molecule has 0 N–H and O–H groups in total. The van der Waals surface area contributed by atoms with Crippen molar-refractivity contribution in [1.82, 2.24) is 0 Å². The summed E-state index contributed by atoms with van der Waals surface area (Å²) in [6.45, 7) is 2.11. The van der Waals surface area contributed by atoms with Gasteiger partial charge in [0, 0.05) is 0 Å². The average Bonchev–Trinajstić information content (AvgIpc) is 2.45. The van der Waals surface area contributed by atoms with Gasteiger partial charge < -0.3 is 0 Å². The molecule has 0 saturated heterocycles. The molecule has 0 aliphatic carbocycles. The van der Waals surface area contributed by atoms with Gasteiger partial charge in [-0.1, -0.05) is 0 Å². The molecule has 0 aliphatic rings. The van der Waals surface area contributed by atoms with Gasteiger partial charge in [0.1, 0.15) is 0 Å². The molecule has 0 bridgehead atoms. The Morgan fingerprint density at radius 2 is 1.50 bits per heavy atom. The van der Waals surface area contributed by atoms with Crippen molar-refractivity contribution in [3.05, 3.63) is 82.9 Å². The fourth-order valence-corrected chi connectivity index (χ4v) is 3.28. The summed E-state index contributed by atoms with van der Waals surface area (Å²) in [5.74, 6) is 0. The van der Waals surface area contributed by atoms with Gasteiger partial charge in [-0.2, -0.15) is 0 Å². The van der Waals surface area contributed by atoms with Crippen molar-refractivity contribution in [3.63, 3.8) is 0 Å². The topological polar surface area (TPSA) is 0 Å². The molecule has 1 heteroatoms. The fourth-order valence-electron chi connectivity index (χ4n) is 1.56. The van der Waals surface area contributed by atoms with E-state index in [1.165, 1.54) is 14.5 Å². The molecule has 0 amide bonds. The van der Waals surface area contributed by atoms with E-state index in [9.17, 15) is 0 Å². The van der Waals surface area contributed by atoms with Crippen LogP contribution < -0.4 is 4.46 Å². The van der Waals surface area contributed by atoms with Crippen LogP contribution in [0, 0.1) is 0 Å². The van der Waals surface area contributed by atoms with Crippen molar-refractivity contribution in [1.29, 1.82) is 0 Å². The second-order valence-electron chi connectivity index (χ2n) is 3.85. The molecule has 0 atom stereocenters. The first-order valence-electron chi connectivity index (χ1n) is 6.01. The predicted octanol–water partition coefficient (Wildman–Crippen LogP) is 3.63. The van der Waals surface area contributed by atoms with Crippen molar-refractivity contribution >= 4 is 25.5 Å². The van der Waals surface area contributed by atoms with E-state index >= 15 is 0 Å². The van der Waals surface area contributed by atoms with Gasteiger partial charge in [0.15, 0.2) is 0 Å². The molecule has 0 unspecified atom stereocenters. The van der Waals surface area contributed by atoms with Crippen LogP contribution in [0.5, 0.6) is 0 Å². The summed E-state index contributed by atoms with van der Waals surface area (Å²) in [5, 5.41) is 0. The molecule has 0 heterocycles. The second-order valence-corrected chi connectivity index (χ2v) is 6.26. The molecule has 0 radical (unpaired) electrons. The van der Waals surface area contributed by atoms with Gasteiger partial charge in [-0.15, -0.1) is 0 Å². The molecule has 18 heavy (non-hydrogen) atoms. The van der Waals surface area contributed by atoms with Crippen molar-refractivity contribution in [3.8, 4) is 0 Å². The third-order valence-corrected chi connectivity index (χ3v) is 4.84. The molecule has 0 spiro atoms. The normalized spacial score (nSPS) is 11.9. The SMILES string of the molecule is C/C=C(/C=C/c1ccccc1)[Se]c1ccccc1. The predicted molar refractivity (Wildman–Crippen MR) is 81.1 cm³/mol. The van der Waals surface area contributed by atoms with Gasteiger partial charge in [0.05, 0.1) is 0 Å². The van der Waals surface area contributed by atoms with Crippen LogP contribution in [0.15, 0.2) is 77.3 Å². The molecule has 0 fully saturated rings. The number of benzene rings is 2. The standard InChI is InChI=1S/C17H16Se/c1-2-16(18-17-11-7-4-8-12-17)14-13-15-9-5-3-6-10-15/h2-14H,1H3/b14-13+,16-2-. The Hall–Kier alpha value is -1.56. The molecule has 2 aromatic rings. The van der Waals surface area contributed by atoms with Crippen LogP contribution in [-0.2, 0) is 0 Å². The van der Waals surface area contributed by atoms with Crippen molar-refractivity contribution < 1.29 is 0 Å². The number of rotatable bonds is 4. The Labute approximate surface area is 115 Å². The number of allylic oxidation sites excluding steroid dienone is 3. The monoisotopic (exact) mass is 300 g/mol. The van der Waals surface area contributed by atoms with E-state index in [-0.39, 0.29) is 0 Å². The maximum absolute atomic E-state index is 2.22. The molecule has 0 saturated carbocycles. The molecule has 0 aliphatic heterocycles. The molecular weight excluding hydrogens is 283 g/mol. The third kappa shape index (κ3) is 4.03. The van der Waals surface area contributed by atoms with Crippen LogP contribution >= 0.6 is 0 Å². The van der Waals surface area contributed by atoms with Gasteiger partial charge in [-0.25, -0.2) is 0 Å². The van der Waals surface area contributed by atoms with E-state index in [0.29, 0.717) is 15.0 Å². The van der Waals surface area contributed by atoms with Gasteiger partial charge in [-0.3, -0.25) is 0 Å². The van der Waals surface area contributed by atoms with Gasteiger partial charge >= 0.3 is 115 Å². The summed E-state index contributed by atoms with van der Waals surface area (Å²) in [4.78, 5) is 0. The molecule has 0 aromatic heterocycles. The van der Waals surface area contributed by atoms with Crippen LogP contribution in [0.4, 0.5) is 0 Å². The fraction of sp³-hybridized carbons (Fsp3) is 0.0588. The van der Waals surface area contributed by atoms with Crippen LogP contribution in [-0.4, -0.2) is 15.0 Å². The summed E-state index contributed by atoms with van der Waals surface area (Å²) in [6.07, 6.45) is 6.61. The minimum absolute atomic E-state index is 0.390. The number of hydrogen-bond donors (Lipinski definition) is 0. The summed E-state index contributed by atoms with van der Waals surface area (Å²) in [6, 6.07) is 21.1. The van der Waals surface area contributed by atoms with Gasteiger partial charge in [-0.05, 0) is 0 Å². The van der Waals surface area contributed by atoms with Crippen molar-refractivity contribution in [2.24, 2.45) is 0 Å². The molecule has 90 valence electrons. The first-order valence-corrected chi connectivity index (χ1v) is 7.72. The Morgan fingerprint density at radius 1 is 0.889 bits per heavy atom. The minimum atomic E-state index is 0.390. The molecule has 2 aromatic carbocycles. The van der Waals surface area contributed by atoms with Crippen molar-refractivity contribution in [2.45, 2.75) is 6.92 Å².